The molecular formula is C21H23NO4. The Morgan fingerprint density at radius 1 is 1.15 bits per heavy atom. The van der Waals surface area contributed by atoms with E-state index in [-0.39, 0.29) is 23.9 Å². The molecule has 1 aliphatic carbocycles. The highest BCUT2D eigenvalue weighted by atomic mass is 16.5. The maximum atomic E-state index is 13.1. The lowest BCUT2D eigenvalue weighted by Crippen LogP contribution is -2.46. The molecule has 2 aliphatic rings. The van der Waals surface area contributed by atoms with Gasteiger partial charge in [-0.2, -0.15) is 0 Å². The normalized spacial score (nSPS) is 23.0. The van der Waals surface area contributed by atoms with E-state index in [9.17, 15) is 9.59 Å². The molecule has 0 unspecified atom stereocenters. The number of hydrogen-bond donors (Lipinski definition) is 0. The van der Waals surface area contributed by atoms with E-state index in [1.165, 1.54) is 0 Å². The van der Waals surface area contributed by atoms with Crippen LogP contribution in [0.1, 0.15) is 63.7 Å². The number of fused-ring (bicyclic) bond motifs is 1. The van der Waals surface area contributed by atoms with E-state index >= 15 is 0 Å². The minimum Gasteiger partial charge on any atom is -0.455 e. The lowest BCUT2D eigenvalue weighted by molar-refractivity contribution is -0.0697. The second-order valence-corrected chi connectivity index (χ2v) is 7.19. The Kier molecular flexibility index (Phi) is 4.41. The summed E-state index contributed by atoms with van der Waals surface area (Å²) in [5, 5.41) is 0. The molecule has 0 radical (unpaired) electrons. The number of benzene rings is 1. The van der Waals surface area contributed by atoms with Gasteiger partial charge in [0, 0.05) is 24.9 Å². The van der Waals surface area contributed by atoms with Crippen molar-refractivity contribution >= 4 is 11.7 Å². The first kappa shape index (κ1) is 17.0. The maximum absolute atomic E-state index is 13.1. The first-order valence-electron chi connectivity index (χ1n) is 9.19. The van der Waals surface area contributed by atoms with E-state index in [0.717, 1.165) is 18.4 Å². The molecule has 5 heteroatoms. The molecule has 1 aromatic carbocycles. The van der Waals surface area contributed by atoms with Gasteiger partial charge in [0.05, 0.1) is 18.2 Å². The van der Waals surface area contributed by atoms with Crippen LogP contribution >= 0.6 is 0 Å². The third-order valence-corrected chi connectivity index (χ3v) is 5.22. The number of hydrogen-bond acceptors (Lipinski definition) is 4. The van der Waals surface area contributed by atoms with Crippen molar-refractivity contribution in [3.63, 3.8) is 0 Å². The lowest BCUT2D eigenvalue weighted by atomic mass is 9.94. The second kappa shape index (κ2) is 6.72. The van der Waals surface area contributed by atoms with Gasteiger partial charge in [-0.1, -0.05) is 30.3 Å². The highest BCUT2D eigenvalue weighted by molar-refractivity contribution is 6.03. The van der Waals surface area contributed by atoms with E-state index in [2.05, 4.69) is 0 Å². The minimum atomic E-state index is -0.157. The van der Waals surface area contributed by atoms with E-state index in [1.807, 2.05) is 44.2 Å². The van der Waals surface area contributed by atoms with Crippen molar-refractivity contribution in [1.82, 2.24) is 4.90 Å². The Hall–Kier alpha value is -2.40. The Morgan fingerprint density at radius 3 is 2.65 bits per heavy atom. The quantitative estimate of drug-likeness (QED) is 0.826. The van der Waals surface area contributed by atoms with Gasteiger partial charge in [0.15, 0.2) is 11.5 Å². The van der Waals surface area contributed by atoms with Crippen molar-refractivity contribution in [3.05, 3.63) is 58.5 Å². The predicted molar refractivity (Wildman–Crippen MR) is 96.3 cm³/mol. The topological polar surface area (TPSA) is 59.8 Å². The molecule has 0 spiro atoms. The van der Waals surface area contributed by atoms with Crippen LogP contribution in [0.3, 0.4) is 0 Å². The van der Waals surface area contributed by atoms with Crippen molar-refractivity contribution in [2.45, 2.75) is 45.3 Å². The molecule has 26 heavy (non-hydrogen) atoms. The Morgan fingerprint density at radius 2 is 1.92 bits per heavy atom. The Balaban J connectivity index is 1.61. The zero-order valence-corrected chi connectivity index (χ0v) is 15.2. The monoisotopic (exact) mass is 353 g/mol. The van der Waals surface area contributed by atoms with Gasteiger partial charge in [0.25, 0.3) is 5.91 Å². The number of Topliss-reactive ketones (excluding diaryl/α,β-unsaturated/α-hetero) is 1. The fourth-order valence-electron chi connectivity index (χ4n) is 3.97. The number of carbonyl (C=O) groups excluding carboxylic acids is 2. The molecule has 2 atom stereocenters. The number of morpholine rings is 1. The lowest BCUT2D eigenvalue weighted by Gasteiger charge is -2.36. The van der Waals surface area contributed by atoms with Crippen LogP contribution in [0.4, 0.5) is 0 Å². The average Bonchev–Trinajstić information content (AvgIpc) is 2.99. The third kappa shape index (κ3) is 2.97. The Labute approximate surface area is 152 Å². The fourth-order valence-corrected chi connectivity index (χ4v) is 3.97. The standard InChI is InChI=1S/C21H23NO4/c1-13-11-22(12-18(25-13)15-7-4-3-5-8-15)21(24)20-14(2)19-16(23)9-6-10-17(19)26-20/h3-5,7-8,13,18H,6,9-12H2,1-2H3/t13-,18-/m0/s1. The van der Waals surface area contributed by atoms with Gasteiger partial charge >= 0.3 is 0 Å². The molecule has 1 amide bonds. The van der Waals surface area contributed by atoms with Crippen LogP contribution in [0.25, 0.3) is 0 Å². The number of amides is 1. The van der Waals surface area contributed by atoms with Crippen molar-refractivity contribution in [2.24, 2.45) is 0 Å². The van der Waals surface area contributed by atoms with Crippen molar-refractivity contribution in [1.29, 1.82) is 0 Å². The average molecular weight is 353 g/mol. The number of furan rings is 1. The van der Waals surface area contributed by atoms with Crippen LogP contribution in [0, 0.1) is 6.92 Å². The first-order chi connectivity index (χ1) is 12.5. The SMILES string of the molecule is Cc1c(C(=O)N2C[C@@H](c3ccccc3)O[C@@H](C)C2)oc2c1C(=O)CCC2. The predicted octanol–water partition coefficient (Wildman–Crippen LogP) is 3.71. The number of aryl methyl sites for hydroxylation is 1. The van der Waals surface area contributed by atoms with Gasteiger partial charge in [-0.05, 0) is 25.8 Å². The summed E-state index contributed by atoms with van der Waals surface area (Å²) in [6.07, 6.45) is 1.82. The van der Waals surface area contributed by atoms with E-state index in [0.29, 0.717) is 42.2 Å². The molecule has 2 aromatic rings. The zero-order valence-electron chi connectivity index (χ0n) is 15.2. The molecule has 1 fully saturated rings. The van der Waals surface area contributed by atoms with Crippen LogP contribution in [0.15, 0.2) is 34.7 Å². The summed E-state index contributed by atoms with van der Waals surface area (Å²) in [7, 11) is 0. The largest absolute Gasteiger partial charge is 0.455 e. The number of ketones is 1. The molecule has 0 saturated carbocycles. The summed E-state index contributed by atoms with van der Waals surface area (Å²) in [5.74, 6) is 0.916. The summed E-state index contributed by atoms with van der Waals surface area (Å²) in [5.41, 5.74) is 2.37. The summed E-state index contributed by atoms with van der Waals surface area (Å²) >= 11 is 0. The van der Waals surface area contributed by atoms with Crippen LogP contribution < -0.4 is 0 Å². The molecule has 0 N–H and O–H groups in total. The van der Waals surface area contributed by atoms with Gasteiger partial charge in [-0.15, -0.1) is 0 Å². The van der Waals surface area contributed by atoms with Gasteiger partial charge in [-0.25, -0.2) is 0 Å². The third-order valence-electron chi connectivity index (χ3n) is 5.22. The molecule has 1 aliphatic heterocycles. The smallest absolute Gasteiger partial charge is 0.290 e. The zero-order chi connectivity index (χ0) is 18.3. The maximum Gasteiger partial charge on any atom is 0.290 e. The molecular weight excluding hydrogens is 330 g/mol. The van der Waals surface area contributed by atoms with Gasteiger partial charge < -0.3 is 14.1 Å². The summed E-state index contributed by atoms with van der Waals surface area (Å²) in [6.45, 7) is 4.78. The summed E-state index contributed by atoms with van der Waals surface area (Å²) in [4.78, 5) is 27.1. The number of rotatable bonds is 2. The number of ether oxygens (including phenoxy) is 1. The van der Waals surface area contributed by atoms with Gasteiger partial charge in [0.2, 0.25) is 0 Å². The minimum absolute atomic E-state index is 0.0653. The first-order valence-corrected chi connectivity index (χ1v) is 9.19. The van der Waals surface area contributed by atoms with Crippen molar-refractivity contribution < 1.29 is 18.7 Å². The second-order valence-electron chi connectivity index (χ2n) is 7.19. The van der Waals surface area contributed by atoms with Crippen LogP contribution in [0.2, 0.25) is 0 Å². The summed E-state index contributed by atoms with van der Waals surface area (Å²) in [6, 6.07) is 9.94. The molecule has 4 rings (SSSR count). The number of nitrogens with zero attached hydrogens (tertiary/aromatic N) is 1. The molecule has 136 valence electrons. The van der Waals surface area contributed by atoms with Crippen LogP contribution in [-0.2, 0) is 11.2 Å². The van der Waals surface area contributed by atoms with E-state index in [1.54, 1.807) is 4.90 Å². The Bertz CT molecular complexity index is 839. The highest BCUT2D eigenvalue weighted by Gasteiger charge is 2.34. The van der Waals surface area contributed by atoms with E-state index < -0.39 is 0 Å². The highest BCUT2D eigenvalue weighted by Crippen LogP contribution is 2.32. The van der Waals surface area contributed by atoms with E-state index in [4.69, 9.17) is 9.15 Å². The molecule has 5 nitrogen and oxygen atoms in total. The van der Waals surface area contributed by atoms with Crippen molar-refractivity contribution in [3.8, 4) is 0 Å². The number of carbonyl (C=O) groups is 2. The van der Waals surface area contributed by atoms with Crippen LogP contribution in [0.5, 0.6) is 0 Å². The van der Waals surface area contributed by atoms with Gasteiger partial charge in [-0.3, -0.25) is 9.59 Å². The van der Waals surface area contributed by atoms with Crippen molar-refractivity contribution in [2.75, 3.05) is 13.1 Å². The molecule has 1 saturated heterocycles. The molecule has 0 bridgehead atoms. The van der Waals surface area contributed by atoms with Crippen LogP contribution in [-0.4, -0.2) is 35.8 Å². The fraction of sp³-hybridized carbons (Fsp3) is 0.429. The molecule has 1 aromatic heterocycles. The summed E-state index contributed by atoms with van der Waals surface area (Å²) < 4.78 is 11.9. The van der Waals surface area contributed by atoms with Gasteiger partial charge in [0.1, 0.15) is 11.9 Å². The molecule has 2 heterocycles.